The van der Waals surface area contributed by atoms with Crippen molar-refractivity contribution in [1.29, 1.82) is 0 Å². The van der Waals surface area contributed by atoms with Gasteiger partial charge in [-0.05, 0) is 31.6 Å². The number of hydrogen-bond acceptors (Lipinski definition) is 4. The Hall–Kier alpha value is -1.56. The average molecular weight is 281 g/mol. The molecule has 112 valence electrons. The number of aromatic nitrogens is 1. The van der Waals surface area contributed by atoms with Gasteiger partial charge in [-0.25, -0.2) is 4.79 Å². The first kappa shape index (κ1) is 14.8. The molecule has 1 aromatic heterocycles. The number of urea groups is 1. The molecular formula is C14H23N3O3. The predicted octanol–water partition coefficient (Wildman–Crippen LogP) is 1.76. The van der Waals surface area contributed by atoms with Crippen LogP contribution in [0.25, 0.3) is 0 Å². The van der Waals surface area contributed by atoms with Crippen LogP contribution in [0, 0.1) is 5.92 Å². The van der Waals surface area contributed by atoms with Gasteiger partial charge in [0, 0.05) is 6.07 Å². The Balaban J connectivity index is 1.82. The molecule has 1 atom stereocenters. The molecule has 2 amide bonds. The first-order valence-corrected chi connectivity index (χ1v) is 7.07. The van der Waals surface area contributed by atoms with Crippen LogP contribution in [0.3, 0.4) is 0 Å². The van der Waals surface area contributed by atoms with Gasteiger partial charge < -0.3 is 20.3 Å². The summed E-state index contributed by atoms with van der Waals surface area (Å²) in [6, 6.07) is 1.55. The number of amides is 2. The highest BCUT2D eigenvalue weighted by molar-refractivity contribution is 5.74. The van der Waals surface area contributed by atoms with E-state index in [1.54, 1.807) is 0 Å². The summed E-state index contributed by atoms with van der Waals surface area (Å²) in [5, 5.41) is 18.9. The Labute approximate surface area is 118 Å². The smallest absolute Gasteiger partial charge is 0.315 e. The fourth-order valence-corrected chi connectivity index (χ4v) is 2.15. The van der Waals surface area contributed by atoms with Crippen molar-refractivity contribution in [3.63, 3.8) is 0 Å². The fraction of sp³-hybridized carbons (Fsp3) is 0.714. The second-order valence-electron chi connectivity index (χ2n) is 6.03. The average Bonchev–Trinajstić information content (AvgIpc) is 3.15. The first-order valence-electron chi connectivity index (χ1n) is 7.07. The molecule has 1 fully saturated rings. The van der Waals surface area contributed by atoms with Crippen LogP contribution in [0.1, 0.15) is 51.0 Å². The van der Waals surface area contributed by atoms with Gasteiger partial charge in [0.1, 0.15) is 0 Å². The number of carbonyl (C=O) groups excluding carboxylic acids is 1. The van der Waals surface area contributed by atoms with Crippen molar-refractivity contribution in [2.75, 3.05) is 6.61 Å². The normalized spacial score (nSPS) is 17.9. The zero-order valence-corrected chi connectivity index (χ0v) is 12.3. The van der Waals surface area contributed by atoms with Crippen molar-refractivity contribution < 1.29 is 14.4 Å². The van der Waals surface area contributed by atoms with Gasteiger partial charge in [-0.15, -0.1) is 0 Å². The van der Waals surface area contributed by atoms with E-state index in [2.05, 4.69) is 15.8 Å². The number of hydrogen-bond donors (Lipinski definition) is 3. The van der Waals surface area contributed by atoms with Crippen molar-refractivity contribution in [1.82, 2.24) is 15.8 Å². The van der Waals surface area contributed by atoms with Crippen LogP contribution in [0.5, 0.6) is 0 Å². The van der Waals surface area contributed by atoms with Gasteiger partial charge in [0.05, 0.1) is 24.4 Å². The summed E-state index contributed by atoms with van der Waals surface area (Å²) >= 11 is 0. The maximum atomic E-state index is 11.9. The fourth-order valence-electron chi connectivity index (χ4n) is 2.15. The minimum absolute atomic E-state index is 0.0507. The van der Waals surface area contributed by atoms with E-state index >= 15 is 0 Å². The van der Waals surface area contributed by atoms with Crippen molar-refractivity contribution in [2.24, 2.45) is 5.92 Å². The van der Waals surface area contributed by atoms with Crippen LogP contribution in [0.15, 0.2) is 10.6 Å². The van der Waals surface area contributed by atoms with E-state index in [0.717, 1.165) is 18.5 Å². The molecule has 1 saturated carbocycles. The van der Waals surface area contributed by atoms with Crippen molar-refractivity contribution in [3.8, 4) is 0 Å². The highest BCUT2D eigenvalue weighted by atomic mass is 16.5. The largest absolute Gasteiger partial charge is 0.394 e. The maximum absolute atomic E-state index is 11.9. The summed E-state index contributed by atoms with van der Waals surface area (Å²) < 4.78 is 5.15. The molecule has 0 aromatic carbocycles. The topological polar surface area (TPSA) is 87.4 Å². The molecule has 6 nitrogen and oxygen atoms in total. The summed E-state index contributed by atoms with van der Waals surface area (Å²) in [5.41, 5.74) is 0.342. The number of nitrogens with one attached hydrogen (secondary N) is 2. The molecular weight excluding hydrogens is 258 g/mol. The molecule has 20 heavy (non-hydrogen) atoms. The van der Waals surface area contributed by atoms with Gasteiger partial charge in [0.25, 0.3) is 0 Å². The lowest BCUT2D eigenvalue weighted by Crippen LogP contribution is -2.53. The van der Waals surface area contributed by atoms with Crippen LogP contribution in [-0.4, -0.2) is 28.4 Å². The van der Waals surface area contributed by atoms with Crippen molar-refractivity contribution in [3.05, 3.63) is 17.5 Å². The van der Waals surface area contributed by atoms with Gasteiger partial charge in [-0.1, -0.05) is 19.0 Å². The molecule has 3 N–H and O–H groups in total. The summed E-state index contributed by atoms with van der Waals surface area (Å²) in [5.74, 6) is 1.30. The summed E-state index contributed by atoms with van der Waals surface area (Å²) in [4.78, 5) is 11.9. The molecule has 0 saturated heterocycles. The van der Waals surface area contributed by atoms with Gasteiger partial charge in [0.2, 0.25) is 0 Å². The Bertz CT molecular complexity index is 468. The van der Waals surface area contributed by atoms with Crippen LogP contribution >= 0.6 is 0 Å². The van der Waals surface area contributed by atoms with Crippen molar-refractivity contribution >= 4 is 6.03 Å². The quantitative estimate of drug-likeness (QED) is 0.741. The second-order valence-corrected chi connectivity index (χ2v) is 6.03. The van der Waals surface area contributed by atoms with Crippen LogP contribution < -0.4 is 10.6 Å². The second kappa shape index (κ2) is 5.83. The van der Waals surface area contributed by atoms with Crippen LogP contribution in [-0.2, 0) is 6.54 Å². The zero-order chi connectivity index (χ0) is 14.8. The molecule has 0 spiro atoms. The minimum atomic E-state index is -0.533. The zero-order valence-electron chi connectivity index (χ0n) is 12.3. The third-order valence-electron chi connectivity index (χ3n) is 3.80. The van der Waals surface area contributed by atoms with E-state index in [-0.39, 0.29) is 19.2 Å². The highest BCUT2D eigenvalue weighted by Gasteiger charge is 2.42. The summed E-state index contributed by atoms with van der Waals surface area (Å²) in [6.45, 7) is 6.17. The first-order chi connectivity index (χ1) is 9.44. The van der Waals surface area contributed by atoms with E-state index in [1.165, 1.54) is 0 Å². The standard InChI is InChI=1S/C14H23N3O3/c1-9(2)12-6-11(20-17-12)7-15-13(19)16-14(3,8-18)10-4-5-10/h6,9-10,18H,4-5,7-8H2,1-3H3,(H2,15,16,19). The van der Waals surface area contributed by atoms with E-state index in [4.69, 9.17) is 4.52 Å². The van der Waals surface area contributed by atoms with Gasteiger partial charge >= 0.3 is 6.03 Å². The van der Waals surface area contributed by atoms with Crippen LogP contribution in [0.4, 0.5) is 4.79 Å². The Morgan fingerprint density at radius 1 is 1.60 bits per heavy atom. The lowest BCUT2D eigenvalue weighted by Gasteiger charge is -2.28. The van der Waals surface area contributed by atoms with Crippen molar-refractivity contribution in [2.45, 2.75) is 51.6 Å². The molecule has 1 aliphatic carbocycles. The number of aliphatic hydroxyl groups is 1. The molecule has 0 aliphatic heterocycles. The predicted molar refractivity (Wildman–Crippen MR) is 74.2 cm³/mol. The van der Waals surface area contributed by atoms with E-state index in [9.17, 15) is 9.90 Å². The Morgan fingerprint density at radius 3 is 2.80 bits per heavy atom. The van der Waals surface area contributed by atoms with Gasteiger partial charge in [-0.2, -0.15) is 0 Å². The molecule has 1 unspecified atom stereocenters. The van der Waals surface area contributed by atoms with Gasteiger partial charge in [0.15, 0.2) is 5.76 Å². The highest BCUT2D eigenvalue weighted by Crippen LogP contribution is 2.39. The lowest BCUT2D eigenvalue weighted by molar-refractivity contribution is 0.155. The molecule has 1 heterocycles. The van der Waals surface area contributed by atoms with Gasteiger partial charge in [-0.3, -0.25) is 0 Å². The molecule has 1 aromatic rings. The van der Waals surface area contributed by atoms with E-state index in [0.29, 0.717) is 17.6 Å². The number of nitrogens with zero attached hydrogens (tertiary/aromatic N) is 1. The van der Waals surface area contributed by atoms with E-state index < -0.39 is 5.54 Å². The summed E-state index contributed by atoms with van der Waals surface area (Å²) in [6.07, 6.45) is 2.11. The maximum Gasteiger partial charge on any atom is 0.315 e. The Kier molecular flexibility index (Phi) is 4.32. The minimum Gasteiger partial charge on any atom is -0.394 e. The SMILES string of the molecule is CC(C)c1cc(CNC(=O)NC(C)(CO)C2CC2)on1. The molecule has 6 heteroatoms. The third kappa shape index (κ3) is 3.50. The monoisotopic (exact) mass is 281 g/mol. The summed E-state index contributed by atoms with van der Waals surface area (Å²) in [7, 11) is 0. The van der Waals surface area contributed by atoms with E-state index in [1.807, 2.05) is 26.8 Å². The third-order valence-corrected chi connectivity index (χ3v) is 3.80. The number of aliphatic hydroxyl groups excluding tert-OH is 1. The Morgan fingerprint density at radius 2 is 2.30 bits per heavy atom. The number of carbonyl (C=O) groups is 1. The number of rotatable bonds is 6. The molecule has 0 bridgehead atoms. The molecule has 2 rings (SSSR count). The lowest BCUT2D eigenvalue weighted by atomic mass is 9.97. The molecule has 1 aliphatic rings. The molecule has 0 radical (unpaired) electrons. The van der Waals surface area contributed by atoms with Crippen LogP contribution in [0.2, 0.25) is 0 Å².